The highest BCUT2D eigenvalue weighted by Crippen LogP contribution is 2.48. The van der Waals surface area contributed by atoms with Crippen molar-refractivity contribution in [2.75, 3.05) is 21.3 Å². The van der Waals surface area contributed by atoms with Crippen molar-refractivity contribution < 1.29 is 23.8 Å². The Labute approximate surface area is 228 Å². The Morgan fingerprint density at radius 3 is 2.42 bits per heavy atom. The van der Waals surface area contributed by atoms with Gasteiger partial charge in [0, 0.05) is 42.2 Å². The molecule has 1 amide bonds. The minimum atomic E-state index is -1.23. The molecule has 5 rings (SSSR count). The fourth-order valence-electron chi connectivity index (χ4n) is 4.56. The number of nitrogens with two attached hydrogens (primary N) is 1. The number of rotatable bonds is 8. The third-order valence-corrected chi connectivity index (χ3v) is 6.54. The number of benzene rings is 2. The topological polar surface area (TPSA) is 142 Å². The summed E-state index contributed by atoms with van der Waals surface area (Å²) in [5.74, 6) is 0.504. The number of amides is 1. The second-order valence-corrected chi connectivity index (χ2v) is 8.84. The van der Waals surface area contributed by atoms with E-state index in [9.17, 15) is 14.3 Å². The van der Waals surface area contributed by atoms with Gasteiger partial charge in [-0.2, -0.15) is 5.10 Å². The first kappa shape index (κ1) is 26.5. The van der Waals surface area contributed by atoms with Crippen LogP contribution < -0.4 is 15.2 Å². The Kier molecular flexibility index (Phi) is 7.25. The molecule has 12 heteroatoms. The first-order valence-electron chi connectivity index (χ1n) is 12.2. The predicted octanol–water partition coefficient (Wildman–Crippen LogP) is 4.33. The number of fused-ring (bicyclic) bond motifs is 1. The Morgan fingerprint density at radius 2 is 1.75 bits per heavy atom. The lowest BCUT2D eigenvalue weighted by Gasteiger charge is -2.27. The maximum atomic E-state index is 14.6. The number of aromatic nitrogens is 5. The molecule has 2 aromatic carbocycles. The second-order valence-electron chi connectivity index (χ2n) is 8.84. The number of carboxylic acid groups (broad SMARTS) is 1. The molecule has 0 radical (unpaired) electrons. The first-order valence-corrected chi connectivity index (χ1v) is 12.2. The average molecular weight is 544 g/mol. The van der Waals surface area contributed by atoms with Crippen LogP contribution in [-0.4, -0.2) is 62.1 Å². The van der Waals surface area contributed by atoms with E-state index in [1.54, 1.807) is 59.7 Å². The number of halogens is 1. The number of hydrogen-bond donors (Lipinski definition) is 2. The predicted molar refractivity (Wildman–Crippen MR) is 145 cm³/mol. The van der Waals surface area contributed by atoms with Crippen LogP contribution in [0.3, 0.4) is 0 Å². The molecule has 11 nitrogen and oxygen atoms in total. The summed E-state index contributed by atoms with van der Waals surface area (Å²) in [5, 5.41) is 15.2. The highest BCUT2D eigenvalue weighted by molar-refractivity contribution is 5.96. The fraction of sp³-hybridized carbons (Fsp3) is 0.179. The normalized spacial score (nSPS) is 11.8. The summed E-state index contributed by atoms with van der Waals surface area (Å²) < 4.78 is 27.8. The molecule has 0 fully saturated rings. The highest BCUT2D eigenvalue weighted by Gasteiger charge is 2.31. The molecule has 40 heavy (non-hydrogen) atoms. The van der Waals surface area contributed by atoms with E-state index in [2.05, 4.69) is 15.0 Å². The van der Waals surface area contributed by atoms with Crippen LogP contribution in [0.1, 0.15) is 17.3 Å². The van der Waals surface area contributed by atoms with E-state index in [4.69, 9.17) is 20.3 Å². The van der Waals surface area contributed by atoms with Crippen molar-refractivity contribution in [1.82, 2.24) is 29.6 Å². The molecule has 0 saturated carbocycles. The van der Waals surface area contributed by atoms with E-state index < -0.39 is 12.3 Å². The lowest BCUT2D eigenvalue weighted by Crippen LogP contribution is -2.35. The average Bonchev–Trinajstić information content (AvgIpc) is 3.34. The van der Waals surface area contributed by atoms with Gasteiger partial charge >= 0.3 is 6.09 Å². The van der Waals surface area contributed by atoms with Gasteiger partial charge in [0.2, 0.25) is 0 Å². The Morgan fingerprint density at radius 1 is 1.05 bits per heavy atom. The Balaban J connectivity index is 1.83. The summed E-state index contributed by atoms with van der Waals surface area (Å²) in [6, 6.07) is 13.3. The Hall–Kier alpha value is -5.10. The molecule has 0 aliphatic heterocycles. The minimum absolute atomic E-state index is 0.103. The summed E-state index contributed by atoms with van der Waals surface area (Å²) in [6.45, 7) is 0.103. The summed E-state index contributed by atoms with van der Waals surface area (Å²) >= 11 is 0. The molecular weight excluding hydrogens is 517 g/mol. The van der Waals surface area contributed by atoms with Crippen molar-refractivity contribution in [1.29, 1.82) is 0 Å². The van der Waals surface area contributed by atoms with Crippen LogP contribution >= 0.6 is 0 Å². The first-order chi connectivity index (χ1) is 19.3. The smallest absolute Gasteiger partial charge is 0.408 e. The van der Waals surface area contributed by atoms with Crippen molar-refractivity contribution in [2.24, 2.45) is 5.73 Å². The molecule has 0 aliphatic carbocycles. The third-order valence-electron chi connectivity index (χ3n) is 6.54. The molecule has 5 aromatic rings. The number of methoxy groups -OCH3 is 2. The van der Waals surface area contributed by atoms with Crippen molar-refractivity contribution in [3.63, 3.8) is 0 Å². The van der Waals surface area contributed by atoms with Gasteiger partial charge in [-0.15, -0.1) is 0 Å². The van der Waals surface area contributed by atoms with Gasteiger partial charge in [0.25, 0.3) is 0 Å². The summed E-state index contributed by atoms with van der Waals surface area (Å²) in [5.41, 5.74) is 9.06. The molecular formula is C28H26FN7O4. The van der Waals surface area contributed by atoms with Crippen LogP contribution in [0.5, 0.6) is 11.5 Å². The molecule has 0 spiro atoms. The van der Waals surface area contributed by atoms with Gasteiger partial charge in [-0.05, 0) is 30.3 Å². The largest absolute Gasteiger partial charge is 0.492 e. The van der Waals surface area contributed by atoms with E-state index in [1.807, 2.05) is 6.07 Å². The van der Waals surface area contributed by atoms with E-state index in [1.165, 1.54) is 27.3 Å². The molecule has 1 atom stereocenters. The second kappa shape index (κ2) is 10.9. The lowest BCUT2D eigenvalue weighted by molar-refractivity contribution is 0.139. The van der Waals surface area contributed by atoms with Crippen molar-refractivity contribution in [3.05, 3.63) is 84.1 Å². The van der Waals surface area contributed by atoms with Crippen LogP contribution in [-0.2, 0) is 6.54 Å². The van der Waals surface area contributed by atoms with Crippen LogP contribution in [0, 0.1) is 5.82 Å². The van der Waals surface area contributed by atoms with Crippen molar-refractivity contribution >= 4 is 17.1 Å². The number of carbonyl (C=O) groups is 1. The zero-order valence-electron chi connectivity index (χ0n) is 21.9. The lowest BCUT2D eigenvalue weighted by atomic mass is 9.94. The zero-order chi connectivity index (χ0) is 28.4. The van der Waals surface area contributed by atoms with Crippen LogP contribution in [0.25, 0.3) is 33.7 Å². The van der Waals surface area contributed by atoms with Crippen LogP contribution in [0.15, 0.2) is 67.1 Å². The van der Waals surface area contributed by atoms with Gasteiger partial charge in [0.15, 0.2) is 23.0 Å². The monoisotopic (exact) mass is 543 g/mol. The molecule has 3 heterocycles. The van der Waals surface area contributed by atoms with E-state index >= 15 is 0 Å². The summed E-state index contributed by atoms with van der Waals surface area (Å²) in [4.78, 5) is 26.1. The third kappa shape index (κ3) is 4.64. The molecule has 1 unspecified atom stereocenters. The van der Waals surface area contributed by atoms with E-state index in [0.717, 1.165) is 4.90 Å². The van der Waals surface area contributed by atoms with E-state index in [-0.39, 0.29) is 18.1 Å². The number of pyridine rings is 1. The number of ether oxygens (including phenoxy) is 2. The molecule has 3 N–H and O–H groups in total. The van der Waals surface area contributed by atoms with E-state index in [0.29, 0.717) is 50.6 Å². The standard InChI is InChI=1S/C28H26FN7O4/c1-35(28(37)38)25(30)18-14-19(26-31-12-7-13-32-26)23(39-2)24(40-3)21(18)22-17-9-6-11-33-27(17)36(34-22)15-16-8-4-5-10-20(16)29/h4-14,25H,15,30H2,1-3H3,(H,37,38). The summed E-state index contributed by atoms with van der Waals surface area (Å²) in [7, 11) is 4.31. The quantitative estimate of drug-likeness (QED) is 0.274. The maximum absolute atomic E-state index is 14.6. The van der Waals surface area contributed by atoms with Crippen LogP contribution in [0.2, 0.25) is 0 Å². The molecule has 204 valence electrons. The van der Waals surface area contributed by atoms with Crippen LogP contribution in [0.4, 0.5) is 9.18 Å². The number of nitrogens with zero attached hydrogens (tertiary/aromatic N) is 6. The Bertz CT molecular complexity index is 1690. The number of hydrogen-bond acceptors (Lipinski definition) is 8. The van der Waals surface area contributed by atoms with Gasteiger partial charge < -0.3 is 20.3 Å². The van der Waals surface area contributed by atoms with Gasteiger partial charge in [-0.3, -0.25) is 4.90 Å². The highest BCUT2D eigenvalue weighted by atomic mass is 19.1. The maximum Gasteiger partial charge on any atom is 0.408 e. The van der Waals surface area contributed by atoms with Crippen molar-refractivity contribution in [2.45, 2.75) is 12.7 Å². The summed E-state index contributed by atoms with van der Waals surface area (Å²) in [6.07, 6.45) is 2.40. The van der Waals surface area contributed by atoms with Crippen molar-refractivity contribution in [3.8, 4) is 34.1 Å². The van der Waals surface area contributed by atoms with Gasteiger partial charge in [0.05, 0.1) is 31.9 Å². The fourth-order valence-corrected chi connectivity index (χ4v) is 4.56. The van der Waals surface area contributed by atoms with Gasteiger partial charge in [-0.1, -0.05) is 18.2 Å². The van der Waals surface area contributed by atoms with Gasteiger partial charge in [0.1, 0.15) is 17.7 Å². The SMILES string of the molecule is COc1c(-c2ncccn2)cc(C(N)N(C)C(=O)O)c(-c2nn(Cc3ccccc3F)c3ncccc23)c1OC. The minimum Gasteiger partial charge on any atom is -0.492 e. The molecule has 0 bridgehead atoms. The zero-order valence-corrected chi connectivity index (χ0v) is 21.9. The molecule has 0 aliphatic rings. The molecule has 0 saturated heterocycles. The van der Waals surface area contributed by atoms with Gasteiger partial charge in [-0.25, -0.2) is 28.8 Å². The molecule has 3 aromatic heterocycles.